The number of carboxylic acid groups (broad SMARTS) is 1. The summed E-state index contributed by atoms with van der Waals surface area (Å²) < 4.78 is 4.97. The molecule has 2 fully saturated rings. The van der Waals surface area contributed by atoms with Crippen LogP contribution in [0.1, 0.15) is 26.7 Å². The first-order chi connectivity index (χ1) is 9.69. The minimum atomic E-state index is -1.38. The van der Waals surface area contributed by atoms with Gasteiger partial charge in [-0.3, -0.25) is 4.79 Å². The Morgan fingerprint density at radius 2 is 2.10 bits per heavy atom. The van der Waals surface area contributed by atoms with Gasteiger partial charge >= 0.3 is 11.9 Å². The Morgan fingerprint density at radius 3 is 2.62 bits per heavy atom. The number of carbonyl (C=O) groups excluding carboxylic acids is 1. The molecule has 1 saturated heterocycles. The van der Waals surface area contributed by atoms with Crippen molar-refractivity contribution < 1.29 is 29.6 Å². The molecular weight excluding hydrogens is 276 g/mol. The predicted octanol–water partition coefficient (Wildman–Crippen LogP) is 0.574. The molecule has 2 aliphatic rings. The molecule has 3 N–H and O–H groups in total. The lowest BCUT2D eigenvalue weighted by molar-refractivity contribution is -0.151. The van der Waals surface area contributed by atoms with Gasteiger partial charge in [0.05, 0.1) is 17.6 Å². The summed E-state index contributed by atoms with van der Waals surface area (Å²) >= 11 is 0. The summed E-state index contributed by atoms with van der Waals surface area (Å²) in [6, 6.07) is 0. The van der Waals surface area contributed by atoms with Crippen LogP contribution in [0.5, 0.6) is 0 Å². The van der Waals surface area contributed by atoms with Gasteiger partial charge in [-0.2, -0.15) is 0 Å². The Morgan fingerprint density at radius 1 is 1.48 bits per heavy atom. The summed E-state index contributed by atoms with van der Waals surface area (Å²) in [5.41, 5.74) is -1.66. The minimum Gasteiger partial charge on any atom is -0.478 e. The fourth-order valence-electron chi connectivity index (χ4n) is 3.75. The maximum absolute atomic E-state index is 12.0. The molecule has 6 heteroatoms. The zero-order valence-electron chi connectivity index (χ0n) is 12.3. The van der Waals surface area contributed by atoms with Crippen molar-refractivity contribution in [3.63, 3.8) is 0 Å². The molecule has 0 spiro atoms. The van der Waals surface area contributed by atoms with Gasteiger partial charge in [0.2, 0.25) is 0 Å². The van der Waals surface area contributed by atoms with Gasteiger partial charge < -0.3 is 20.1 Å². The maximum atomic E-state index is 12.0. The van der Waals surface area contributed by atoms with Crippen molar-refractivity contribution in [3.05, 3.63) is 12.2 Å². The molecule has 0 unspecified atom stereocenters. The van der Waals surface area contributed by atoms with Gasteiger partial charge in [-0.15, -0.1) is 0 Å². The van der Waals surface area contributed by atoms with E-state index < -0.39 is 35.5 Å². The third-order valence-electron chi connectivity index (χ3n) is 4.94. The number of aliphatic carboxylic acids is 1. The van der Waals surface area contributed by atoms with Crippen LogP contribution < -0.4 is 0 Å². The van der Waals surface area contributed by atoms with Crippen molar-refractivity contribution in [2.75, 3.05) is 6.61 Å². The van der Waals surface area contributed by atoms with Gasteiger partial charge in [0, 0.05) is 5.92 Å². The molecule has 0 aromatic rings. The van der Waals surface area contributed by atoms with E-state index in [-0.39, 0.29) is 24.0 Å². The summed E-state index contributed by atoms with van der Waals surface area (Å²) in [5.74, 6) is -3.39. The second-order valence-electron chi connectivity index (χ2n) is 6.49. The number of aliphatic hydroxyl groups is 2. The number of cyclic esters (lactones) is 1. The first-order valence-corrected chi connectivity index (χ1v) is 7.18. The van der Waals surface area contributed by atoms with Gasteiger partial charge in [0.15, 0.2) is 0 Å². The molecule has 5 atom stereocenters. The van der Waals surface area contributed by atoms with Crippen LogP contribution >= 0.6 is 0 Å². The number of ether oxygens (including phenoxy) is 1. The molecule has 1 heterocycles. The lowest BCUT2D eigenvalue weighted by Crippen LogP contribution is -2.54. The Hall–Kier alpha value is -1.40. The van der Waals surface area contributed by atoms with Gasteiger partial charge in [-0.1, -0.05) is 20.4 Å². The number of carbonyl (C=O) groups is 2. The quantitative estimate of drug-likeness (QED) is 0.518. The molecule has 21 heavy (non-hydrogen) atoms. The third-order valence-corrected chi connectivity index (χ3v) is 4.94. The van der Waals surface area contributed by atoms with Gasteiger partial charge in [-0.25, -0.2) is 4.79 Å². The molecule has 0 amide bonds. The van der Waals surface area contributed by atoms with Gasteiger partial charge in [0.25, 0.3) is 0 Å². The van der Waals surface area contributed by atoms with Crippen molar-refractivity contribution in [1.82, 2.24) is 0 Å². The average molecular weight is 298 g/mol. The summed E-state index contributed by atoms with van der Waals surface area (Å²) in [4.78, 5) is 23.1. The van der Waals surface area contributed by atoms with Crippen LogP contribution in [-0.4, -0.2) is 45.6 Å². The second kappa shape index (κ2) is 5.42. The first kappa shape index (κ1) is 16.0. The van der Waals surface area contributed by atoms with Gasteiger partial charge in [-0.05, 0) is 24.7 Å². The maximum Gasteiger partial charge on any atom is 0.333 e. The van der Waals surface area contributed by atoms with Crippen LogP contribution in [0, 0.1) is 23.7 Å². The van der Waals surface area contributed by atoms with Crippen molar-refractivity contribution in [2.24, 2.45) is 23.7 Å². The van der Waals surface area contributed by atoms with Crippen LogP contribution in [0.15, 0.2) is 12.2 Å². The lowest BCUT2D eigenvalue weighted by Gasteiger charge is -2.45. The molecule has 118 valence electrons. The predicted molar refractivity (Wildman–Crippen MR) is 73.2 cm³/mol. The standard InChI is InChI=1S/C15H22O6/c1-7(2)9-4-5-15(20)6-21-14(19)11(15)10(9)12(16)8(3)13(17)18/h7,9-12,16,20H,3-6H2,1-2H3,(H,17,18)/t9-,10+,11-,12-,15+/m0/s1. The topological polar surface area (TPSA) is 104 Å². The zero-order chi connectivity index (χ0) is 15.9. The number of carboxylic acids is 1. The van der Waals surface area contributed by atoms with Crippen LogP contribution in [0.4, 0.5) is 0 Å². The number of hydrogen-bond donors (Lipinski definition) is 3. The number of esters is 1. The number of fused-ring (bicyclic) bond motifs is 1. The molecule has 6 nitrogen and oxygen atoms in total. The molecule has 1 aliphatic heterocycles. The van der Waals surface area contributed by atoms with E-state index in [1.807, 2.05) is 13.8 Å². The molecule has 2 rings (SSSR count). The van der Waals surface area contributed by atoms with E-state index >= 15 is 0 Å². The van der Waals surface area contributed by atoms with Crippen LogP contribution in [0.2, 0.25) is 0 Å². The van der Waals surface area contributed by atoms with Crippen molar-refractivity contribution >= 4 is 11.9 Å². The molecule has 0 bridgehead atoms. The molecule has 0 aromatic heterocycles. The largest absolute Gasteiger partial charge is 0.478 e. The summed E-state index contributed by atoms with van der Waals surface area (Å²) in [6.07, 6.45) is -0.359. The van der Waals surface area contributed by atoms with Crippen molar-refractivity contribution in [3.8, 4) is 0 Å². The van der Waals surface area contributed by atoms with E-state index in [1.54, 1.807) is 0 Å². The Bertz CT molecular complexity index is 471. The summed E-state index contributed by atoms with van der Waals surface area (Å²) in [5, 5.41) is 30.0. The van der Waals surface area contributed by atoms with Crippen LogP contribution in [0.3, 0.4) is 0 Å². The zero-order valence-corrected chi connectivity index (χ0v) is 12.3. The smallest absolute Gasteiger partial charge is 0.333 e. The highest BCUT2D eigenvalue weighted by Gasteiger charge is 2.59. The number of hydrogen-bond acceptors (Lipinski definition) is 5. The van der Waals surface area contributed by atoms with Crippen molar-refractivity contribution in [2.45, 2.75) is 38.4 Å². The fourth-order valence-corrected chi connectivity index (χ4v) is 3.75. The van der Waals surface area contributed by atoms with E-state index in [4.69, 9.17) is 9.84 Å². The number of aliphatic hydroxyl groups excluding tert-OH is 1. The minimum absolute atomic E-state index is 0.0768. The molecular formula is C15H22O6. The van der Waals surface area contributed by atoms with E-state index in [1.165, 1.54) is 0 Å². The normalized spacial score (nSPS) is 37.0. The Kier molecular flexibility index (Phi) is 4.13. The average Bonchev–Trinajstić information content (AvgIpc) is 2.71. The summed E-state index contributed by atoms with van der Waals surface area (Å²) in [6.45, 7) is 7.22. The highest BCUT2D eigenvalue weighted by atomic mass is 16.6. The second-order valence-corrected chi connectivity index (χ2v) is 6.49. The Labute approximate surface area is 123 Å². The number of rotatable bonds is 4. The van der Waals surface area contributed by atoms with E-state index in [9.17, 15) is 19.8 Å². The highest BCUT2D eigenvalue weighted by Crippen LogP contribution is 2.50. The SMILES string of the molecule is C=C(C(=O)O)[C@H](O)[C@H]1[C@H]2C(=O)OC[C@]2(O)CC[C@H]1C(C)C. The van der Waals surface area contributed by atoms with E-state index in [2.05, 4.69) is 6.58 Å². The molecule has 0 aromatic carbocycles. The van der Waals surface area contributed by atoms with E-state index in [0.717, 1.165) is 0 Å². The fraction of sp³-hybridized carbons (Fsp3) is 0.733. The Balaban J connectivity index is 2.40. The third kappa shape index (κ3) is 2.58. The van der Waals surface area contributed by atoms with Gasteiger partial charge in [0.1, 0.15) is 12.2 Å². The molecule has 0 radical (unpaired) electrons. The molecule has 1 aliphatic carbocycles. The lowest BCUT2D eigenvalue weighted by atomic mass is 9.60. The van der Waals surface area contributed by atoms with Crippen molar-refractivity contribution in [1.29, 1.82) is 0 Å². The monoisotopic (exact) mass is 298 g/mol. The van der Waals surface area contributed by atoms with E-state index in [0.29, 0.717) is 12.8 Å². The highest BCUT2D eigenvalue weighted by molar-refractivity contribution is 5.87. The first-order valence-electron chi connectivity index (χ1n) is 7.18. The molecule has 1 saturated carbocycles. The van der Waals surface area contributed by atoms with Crippen LogP contribution in [-0.2, 0) is 14.3 Å². The summed E-state index contributed by atoms with van der Waals surface area (Å²) in [7, 11) is 0. The van der Waals surface area contributed by atoms with Crippen LogP contribution in [0.25, 0.3) is 0 Å².